The Balaban J connectivity index is 1.59. The molecule has 4 rings (SSSR count). The van der Waals surface area contributed by atoms with Gasteiger partial charge in [0.05, 0.1) is 11.4 Å². The van der Waals surface area contributed by atoms with Crippen LogP contribution >= 0.6 is 0 Å². The minimum atomic E-state index is -3.74. The highest BCUT2D eigenvalue weighted by atomic mass is 32.2. The third-order valence-corrected chi connectivity index (χ3v) is 6.57. The second-order valence-electron chi connectivity index (χ2n) is 7.08. The van der Waals surface area contributed by atoms with Crippen LogP contribution in [0.2, 0.25) is 0 Å². The number of aryl methyl sites for hydroxylation is 2. The van der Waals surface area contributed by atoms with Crippen molar-refractivity contribution in [1.29, 1.82) is 0 Å². The fraction of sp³-hybridized carbons (Fsp3) is 0.421. The van der Waals surface area contributed by atoms with E-state index >= 15 is 0 Å². The molecule has 2 aliphatic rings. The molecule has 8 nitrogen and oxygen atoms in total. The fourth-order valence-corrected chi connectivity index (χ4v) is 4.99. The van der Waals surface area contributed by atoms with Gasteiger partial charge in [0.15, 0.2) is 0 Å². The van der Waals surface area contributed by atoms with Crippen LogP contribution in [0.1, 0.15) is 41.6 Å². The summed E-state index contributed by atoms with van der Waals surface area (Å²) in [7, 11) is -3.74. The molecular formula is C19H22N4O4S. The van der Waals surface area contributed by atoms with E-state index in [1.807, 2.05) is 6.92 Å². The van der Waals surface area contributed by atoms with Crippen LogP contribution in [0.4, 0.5) is 5.69 Å². The van der Waals surface area contributed by atoms with Crippen LogP contribution in [0.3, 0.4) is 0 Å². The zero-order chi connectivity index (χ0) is 19.9. The monoisotopic (exact) mass is 402 g/mol. The van der Waals surface area contributed by atoms with Gasteiger partial charge in [-0.2, -0.15) is 8.42 Å². The molecule has 2 aromatic rings. The largest absolute Gasteiger partial charge is 0.361 e. The van der Waals surface area contributed by atoms with E-state index in [2.05, 4.69) is 14.9 Å². The molecule has 0 saturated carbocycles. The topological polar surface area (TPSA) is 105 Å². The molecule has 1 amide bonds. The van der Waals surface area contributed by atoms with Gasteiger partial charge in [-0.15, -0.1) is 4.40 Å². The molecule has 1 aromatic heterocycles. The van der Waals surface area contributed by atoms with Crippen molar-refractivity contribution in [3.05, 3.63) is 41.3 Å². The van der Waals surface area contributed by atoms with E-state index in [9.17, 15) is 13.2 Å². The summed E-state index contributed by atoms with van der Waals surface area (Å²) in [6.07, 6.45) is 2.14. The molecule has 1 atom stereocenters. The number of sulfonamides is 1. The number of carbonyl (C=O) groups excluding carboxylic acids is 1. The average Bonchev–Trinajstić information content (AvgIpc) is 3.07. The Bertz CT molecular complexity index is 1060. The maximum Gasteiger partial charge on any atom is 0.286 e. The summed E-state index contributed by atoms with van der Waals surface area (Å²) in [5, 5.41) is 7.12. The molecule has 0 unspecified atom stereocenters. The van der Waals surface area contributed by atoms with Gasteiger partial charge < -0.3 is 14.7 Å². The second kappa shape index (κ2) is 7.05. The number of anilines is 1. The Labute approximate surface area is 163 Å². The van der Waals surface area contributed by atoms with Crippen LogP contribution in [0, 0.1) is 12.8 Å². The number of rotatable bonds is 3. The van der Waals surface area contributed by atoms with E-state index in [0.717, 1.165) is 12.8 Å². The predicted octanol–water partition coefficient (Wildman–Crippen LogP) is 2.61. The summed E-state index contributed by atoms with van der Waals surface area (Å²) < 4.78 is 34.2. The number of amidine groups is 1. The first kappa shape index (κ1) is 18.7. The molecule has 3 heterocycles. The standard InChI is InChI=1S/C19H22N4O4S/c1-3-14-17(12(2)27-21-14)19(24)23-10-6-7-13(11-23)18-20-15-8-4-5-9-16(15)28(25,26)22-18/h4-5,8-9,13H,3,6-7,10-11H2,1-2H3,(H,20,22)/t13-/m1/s1. The minimum Gasteiger partial charge on any atom is -0.361 e. The molecule has 9 heteroatoms. The predicted molar refractivity (Wildman–Crippen MR) is 104 cm³/mol. The Hall–Kier alpha value is -2.68. The van der Waals surface area contributed by atoms with Crippen LogP contribution in [-0.2, 0) is 16.4 Å². The number of fused-ring (bicyclic) bond motifs is 1. The summed E-state index contributed by atoms with van der Waals surface area (Å²) >= 11 is 0. The van der Waals surface area contributed by atoms with Crippen molar-refractivity contribution in [2.45, 2.75) is 38.0 Å². The van der Waals surface area contributed by atoms with E-state index in [1.165, 1.54) is 6.07 Å². The van der Waals surface area contributed by atoms with Gasteiger partial charge in [-0.1, -0.05) is 24.2 Å². The number of likely N-dealkylation sites (tertiary alicyclic amines) is 1. The molecule has 148 valence electrons. The average molecular weight is 402 g/mol. The third kappa shape index (κ3) is 3.19. The zero-order valence-electron chi connectivity index (χ0n) is 15.8. The van der Waals surface area contributed by atoms with E-state index in [4.69, 9.17) is 4.52 Å². The molecule has 1 fully saturated rings. The number of para-hydroxylation sites is 1. The third-order valence-electron chi connectivity index (χ3n) is 5.22. The lowest BCUT2D eigenvalue weighted by atomic mass is 9.95. The highest BCUT2D eigenvalue weighted by Crippen LogP contribution is 2.31. The first-order valence-corrected chi connectivity index (χ1v) is 10.8. The van der Waals surface area contributed by atoms with Crippen molar-refractivity contribution in [3.63, 3.8) is 0 Å². The summed E-state index contributed by atoms with van der Waals surface area (Å²) in [5.74, 6) is 0.605. The molecule has 1 N–H and O–H groups in total. The number of benzene rings is 1. The van der Waals surface area contributed by atoms with Crippen LogP contribution in [0.5, 0.6) is 0 Å². The minimum absolute atomic E-state index is 0.125. The lowest BCUT2D eigenvalue weighted by molar-refractivity contribution is 0.0700. The number of aromatic nitrogens is 1. The van der Waals surface area contributed by atoms with Crippen LogP contribution in [0.25, 0.3) is 0 Å². The molecule has 0 bridgehead atoms. The van der Waals surface area contributed by atoms with Crippen molar-refractivity contribution in [1.82, 2.24) is 10.1 Å². The molecule has 1 saturated heterocycles. The molecule has 0 spiro atoms. The maximum absolute atomic E-state index is 13.1. The number of hydrogen-bond donors (Lipinski definition) is 1. The first-order chi connectivity index (χ1) is 13.4. The van der Waals surface area contributed by atoms with Gasteiger partial charge in [0.1, 0.15) is 22.1 Å². The van der Waals surface area contributed by atoms with Gasteiger partial charge in [-0.25, -0.2) is 0 Å². The van der Waals surface area contributed by atoms with Crippen molar-refractivity contribution >= 4 is 27.5 Å². The van der Waals surface area contributed by atoms with E-state index in [-0.39, 0.29) is 16.7 Å². The van der Waals surface area contributed by atoms with Crippen molar-refractivity contribution in [2.75, 3.05) is 18.4 Å². The number of carbonyl (C=O) groups is 1. The summed E-state index contributed by atoms with van der Waals surface area (Å²) in [6.45, 7) is 4.67. The van der Waals surface area contributed by atoms with Gasteiger partial charge in [0.25, 0.3) is 15.9 Å². The number of amides is 1. The lowest BCUT2D eigenvalue weighted by Gasteiger charge is -2.34. The van der Waals surface area contributed by atoms with Crippen LogP contribution in [-0.4, -0.2) is 43.3 Å². The van der Waals surface area contributed by atoms with E-state index < -0.39 is 10.0 Å². The Morgan fingerprint density at radius 2 is 2.14 bits per heavy atom. The lowest BCUT2D eigenvalue weighted by Crippen LogP contribution is -2.45. The second-order valence-corrected chi connectivity index (χ2v) is 8.65. The van der Waals surface area contributed by atoms with Gasteiger partial charge in [0, 0.05) is 19.0 Å². The smallest absolute Gasteiger partial charge is 0.286 e. The number of hydrogen-bond acceptors (Lipinski definition) is 6. The number of nitrogens with one attached hydrogen (secondary N) is 1. The van der Waals surface area contributed by atoms with Crippen molar-refractivity contribution in [3.8, 4) is 0 Å². The van der Waals surface area contributed by atoms with Crippen molar-refractivity contribution in [2.24, 2.45) is 10.3 Å². The maximum atomic E-state index is 13.1. The van der Waals surface area contributed by atoms with Gasteiger partial charge in [-0.3, -0.25) is 4.79 Å². The van der Waals surface area contributed by atoms with Gasteiger partial charge >= 0.3 is 0 Å². The van der Waals surface area contributed by atoms with E-state index in [0.29, 0.717) is 48.1 Å². The van der Waals surface area contributed by atoms with Crippen molar-refractivity contribution < 1.29 is 17.7 Å². The molecule has 0 aliphatic carbocycles. The van der Waals surface area contributed by atoms with Crippen LogP contribution < -0.4 is 5.32 Å². The fourth-order valence-electron chi connectivity index (χ4n) is 3.79. The molecular weight excluding hydrogens is 380 g/mol. The Morgan fingerprint density at radius 3 is 2.93 bits per heavy atom. The number of piperidine rings is 1. The molecule has 0 radical (unpaired) electrons. The zero-order valence-corrected chi connectivity index (χ0v) is 16.6. The SMILES string of the molecule is CCc1noc(C)c1C(=O)N1CCC[C@@H](C2=NS(=O)(=O)c3ccccc3N2)C1. The molecule has 28 heavy (non-hydrogen) atoms. The normalized spacial score (nSPS) is 20.9. The molecule has 1 aromatic carbocycles. The molecule has 2 aliphatic heterocycles. The Kier molecular flexibility index (Phi) is 4.70. The first-order valence-electron chi connectivity index (χ1n) is 9.36. The summed E-state index contributed by atoms with van der Waals surface area (Å²) in [4.78, 5) is 15.0. The quantitative estimate of drug-likeness (QED) is 0.846. The summed E-state index contributed by atoms with van der Waals surface area (Å²) in [6, 6.07) is 6.71. The van der Waals surface area contributed by atoms with E-state index in [1.54, 1.807) is 30.0 Å². The Morgan fingerprint density at radius 1 is 1.36 bits per heavy atom. The number of nitrogens with zero attached hydrogens (tertiary/aromatic N) is 3. The van der Waals surface area contributed by atoms with Gasteiger partial charge in [-0.05, 0) is 38.3 Å². The highest BCUT2D eigenvalue weighted by molar-refractivity contribution is 7.90. The van der Waals surface area contributed by atoms with Crippen LogP contribution in [0.15, 0.2) is 38.1 Å². The summed E-state index contributed by atoms with van der Waals surface area (Å²) in [5.41, 5.74) is 1.69. The highest BCUT2D eigenvalue weighted by Gasteiger charge is 2.34. The van der Waals surface area contributed by atoms with Gasteiger partial charge in [0.2, 0.25) is 0 Å².